The standard InChI is InChI=1S/C32H34/c1-19-13-29-23(5)11-27(31(29)15-21(19)3)17-25-9-7-8-10-26(25)18-28-12-24(6)30-14-20(2)22(4)16-32(28)30/h7-16,27-28H,17-18H2,1-6H3. The van der Waals surface area contributed by atoms with Crippen LogP contribution in [0.2, 0.25) is 0 Å². The average molecular weight is 419 g/mol. The van der Waals surface area contributed by atoms with Gasteiger partial charge < -0.3 is 0 Å². The summed E-state index contributed by atoms with van der Waals surface area (Å²) in [5.41, 5.74) is 17.4. The molecule has 2 aliphatic carbocycles. The second kappa shape index (κ2) is 7.93. The third-order valence-corrected chi connectivity index (χ3v) is 7.88. The third-order valence-electron chi connectivity index (χ3n) is 7.88. The first-order valence-electron chi connectivity index (χ1n) is 12.0. The molecule has 0 heteroatoms. The zero-order chi connectivity index (χ0) is 22.6. The Morgan fingerprint density at radius 3 is 1.31 bits per heavy atom. The van der Waals surface area contributed by atoms with Crippen LogP contribution >= 0.6 is 0 Å². The number of hydrogen-bond acceptors (Lipinski definition) is 0. The van der Waals surface area contributed by atoms with Crippen molar-refractivity contribution < 1.29 is 0 Å². The predicted octanol–water partition coefficient (Wildman–Crippen LogP) is 8.41. The molecule has 162 valence electrons. The molecule has 0 saturated carbocycles. The summed E-state index contributed by atoms with van der Waals surface area (Å²) in [6.45, 7) is 13.5. The van der Waals surface area contributed by atoms with Gasteiger partial charge in [-0.1, -0.05) is 60.7 Å². The van der Waals surface area contributed by atoms with Gasteiger partial charge in [0.1, 0.15) is 0 Å². The summed E-state index contributed by atoms with van der Waals surface area (Å²) >= 11 is 0. The zero-order valence-corrected chi connectivity index (χ0v) is 20.3. The number of aryl methyl sites for hydroxylation is 4. The van der Waals surface area contributed by atoms with Crippen molar-refractivity contribution in [2.45, 2.75) is 66.2 Å². The molecule has 2 unspecified atom stereocenters. The van der Waals surface area contributed by atoms with Gasteiger partial charge in [0, 0.05) is 11.8 Å². The first-order valence-corrected chi connectivity index (χ1v) is 12.0. The molecule has 0 aliphatic heterocycles. The quantitative estimate of drug-likeness (QED) is 0.399. The van der Waals surface area contributed by atoms with Crippen LogP contribution in [0.4, 0.5) is 0 Å². The molecule has 0 aromatic heterocycles. The second-order valence-electron chi connectivity index (χ2n) is 10.1. The molecule has 32 heavy (non-hydrogen) atoms. The lowest BCUT2D eigenvalue weighted by Gasteiger charge is -2.18. The fraction of sp³-hybridized carbons (Fsp3) is 0.312. The molecular formula is C32H34. The molecule has 0 radical (unpaired) electrons. The summed E-state index contributed by atoms with van der Waals surface area (Å²) in [4.78, 5) is 0. The molecule has 0 amide bonds. The molecule has 0 fully saturated rings. The van der Waals surface area contributed by atoms with Gasteiger partial charge in [-0.15, -0.1) is 0 Å². The molecule has 0 nitrogen and oxygen atoms in total. The maximum absolute atomic E-state index is 2.49. The topological polar surface area (TPSA) is 0 Å². The largest absolute Gasteiger partial charge is 0.0731 e. The Labute approximate surface area is 193 Å². The van der Waals surface area contributed by atoms with Crippen LogP contribution in [-0.2, 0) is 12.8 Å². The van der Waals surface area contributed by atoms with Gasteiger partial charge >= 0.3 is 0 Å². The van der Waals surface area contributed by atoms with Crippen LogP contribution in [0.15, 0.2) is 60.7 Å². The third kappa shape index (κ3) is 3.56. The Kier molecular flexibility index (Phi) is 5.20. The smallest absolute Gasteiger partial charge is 0.00705 e. The normalized spacial score (nSPS) is 18.9. The minimum atomic E-state index is 0.475. The molecule has 3 aromatic carbocycles. The van der Waals surface area contributed by atoms with E-state index < -0.39 is 0 Å². The molecule has 5 rings (SSSR count). The summed E-state index contributed by atoms with van der Waals surface area (Å²) in [7, 11) is 0. The van der Waals surface area contributed by atoms with Crippen LogP contribution in [-0.4, -0.2) is 0 Å². The summed E-state index contributed by atoms with van der Waals surface area (Å²) in [6.07, 6.45) is 7.14. The number of fused-ring (bicyclic) bond motifs is 2. The molecule has 0 spiro atoms. The van der Waals surface area contributed by atoms with Crippen molar-refractivity contribution in [2.24, 2.45) is 0 Å². The summed E-state index contributed by atoms with van der Waals surface area (Å²) in [5, 5.41) is 0. The van der Waals surface area contributed by atoms with E-state index in [2.05, 4.69) is 102 Å². The van der Waals surface area contributed by atoms with Crippen molar-refractivity contribution in [1.82, 2.24) is 0 Å². The summed E-state index contributed by atoms with van der Waals surface area (Å²) in [5.74, 6) is 0.951. The highest BCUT2D eigenvalue weighted by atomic mass is 14.3. The Balaban J connectivity index is 1.45. The van der Waals surface area contributed by atoms with Gasteiger partial charge in [-0.25, -0.2) is 0 Å². The highest BCUT2D eigenvalue weighted by molar-refractivity contribution is 5.75. The molecular weight excluding hydrogens is 384 g/mol. The Morgan fingerprint density at radius 2 is 0.906 bits per heavy atom. The lowest BCUT2D eigenvalue weighted by atomic mass is 9.86. The van der Waals surface area contributed by atoms with Crippen molar-refractivity contribution >= 4 is 11.1 Å². The van der Waals surface area contributed by atoms with Crippen molar-refractivity contribution in [3.8, 4) is 0 Å². The van der Waals surface area contributed by atoms with Gasteiger partial charge in [-0.2, -0.15) is 0 Å². The average Bonchev–Trinajstić information content (AvgIpc) is 3.21. The zero-order valence-electron chi connectivity index (χ0n) is 20.3. The monoisotopic (exact) mass is 418 g/mol. The fourth-order valence-corrected chi connectivity index (χ4v) is 5.70. The molecule has 0 heterocycles. The van der Waals surface area contributed by atoms with E-state index in [4.69, 9.17) is 0 Å². The van der Waals surface area contributed by atoms with Crippen LogP contribution in [0.25, 0.3) is 11.1 Å². The SMILES string of the molecule is CC1=CC(Cc2ccccc2CC2C=C(C)c3cc(C)c(C)cc32)c2cc(C)c(C)cc21. The Bertz CT molecular complexity index is 1180. The second-order valence-corrected chi connectivity index (χ2v) is 10.1. The van der Waals surface area contributed by atoms with Crippen LogP contribution in [0.5, 0.6) is 0 Å². The van der Waals surface area contributed by atoms with Crippen molar-refractivity contribution in [3.63, 3.8) is 0 Å². The van der Waals surface area contributed by atoms with Gasteiger partial charge in [-0.05, 0) is 121 Å². The van der Waals surface area contributed by atoms with Gasteiger partial charge in [0.05, 0.1) is 0 Å². The molecule has 3 aromatic rings. The lowest BCUT2D eigenvalue weighted by Crippen LogP contribution is -2.06. The fourth-order valence-electron chi connectivity index (χ4n) is 5.70. The van der Waals surface area contributed by atoms with E-state index in [1.54, 1.807) is 0 Å². The van der Waals surface area contributed by atoms with Gasteiger partial charge in [0.25, 0.3) is 0 Å². The Hall–Kier alpha value is -2.86. The van der Waals surface area contributed by atoms with Gasteiger partial charge in [0.2, 0.25) is 0 Å². The van der Waals surface area contributed by atoms with E-state index in [1.807, 2.05) is 0 Å². The number of allylic oxidation sites excluding steroid dienone is 4. The van der Waals surface area contributed by atoms with Gasteiger partial charge in [0.15, 0.2) is 0 Å². The number of hydrogen-bond donors (Lipinski definition) is 0. The van der Waals surface area contributed by atoms with E-state index in [9.17, 15) is 0 Å². The van der Waals surface area contributed by atoms with Crippen molar-refractivity contribution in [3.05, 3.63) is 116 Å². The highest BCUT2D eigenvalue weighted by Crippen LogP contribution is 2.42. The minimum Gasteiger partial charge on any atom is -0.0731 e. The van der Waals surface area contributed by atoms with E-state index in [1.165, 1.54) is 66.8 Å². The molecule has 0 saturated heterocycles. The first kappa shape index (κ1) is 21.0. The van der Waals surface area contributed by atoms with E-state index in [0.717, 1.165) is 12.8 Å². The summed E-state index contributed by atoms with van der Waals surface area (Å²) < 4.78 is 0. The Morgan fingerprint density at radius 1 is 0.531 bits per heavy atom. The molecule has 0 N–H and O–H groups in total. The van der Waals surface area contributed by atoms with E-state index in [0.29, 0.717) is 11.8 Å². The molecule has 2 aliphatic rings. The van der Waals surface area contributed by atoms with Gasteiger partial charge in [-0.3, -0.25) is 0 Å². The lowest BCUT2D eigenvalue weighted by molar-refractivity contribution is 0.797. The van der Waals surface area contributed by atoms with Crippen LogP contribution in [0.3, 0.4) is 0 Å². The number of benzene rings is 3. The van der Waals surface area contributed by atoms with E-state index >= 15 is 0 Å². The maximum Gasteiger partial charge on any atom is 0.00705 e. The molecule has 2 atom stereocenters. The van der Waals surface area contributed by atoms with Crippen molar-refractivity contribution in [1.29, 1.82) is 0 Å². The van der Waals surface area contributed by atoms with Crippen LogP contribution in [0.1, 0.15) is 81.3 Å². The highest BCUT2D eigenvalue weighted by Gasteiger charge is 2.26. The first-order chi connectivity index (χ1) is 15.3. The predicted molar refractivity (Wildman–Crippen MR) is 138 cm³/mol. The molecule has 0 bridgehead atoms. The van der Waals surface area contributed by atoms with Crippen molar-refractivity contribution in [2.75, 3.05) is 0 Å². The van der Waals surface area contributed by atoms with Crippen LogP contribution < -0.4 is 0 Å². The van der Waals surface area contributed by atoms with E-state index in [-0.39, 0.29) is 0 Å². The minimum absolute atomic E-state index is 0.475. The van der Waals surface area contributed by atoms with Crippen LogP contribution in [0, 0.1) is 27.7 Å². The maximum atomic E-state index is 2.49. The number of rotatable bonds is 4. The summed E-state index contributed by atoms with van der Waals surface area (Å²) in [6, 6.07) is 18.7.